The lowest BCUT2D eigenvalue weighted by Gasteiger charge is -2.19. The van der Waals surface area contributed by atoms with E-state index in [4.69, 9.17) is 0 Å². The molecule has 1 saturated carbocycles. The van der Waals surface area contributed by atoms with Crippen LogP contribution in [0, 0.1) is 16.0 Å². The number of nitro benzene ring substituents is 1. The summed E-state index contributed by atoms with van der Waals surface area (Å²) in [5, 5.41) is 15.2. The molecular weight excluding hydrogens is 230 g/mol. The maximum absolute atomic E-state index is 10.9. The Kier molecular flexibility index (Phi) is 3.92. The van der Waals surface area contributed by atoms with Crippen LogP contribution >= 0.6 is 0 Å². The number of benzene rings is 1. The molecule has 1 aliphatic rings. The normalized spacial score (nSPS) is 21.8. The van der Waals surface area contributed by atoms with Crippen LogP contribution in [0.2, 0.25) is 0 Å². The first-order valence-corrected chi connectivity index (χ1v) is 6.24. The second-order valence-corrected chi connectivity index (χ2v) is 4.64. The van der Waals surface area contributed by atoms with E-state index in [-0.39, 0.29) is 5.69 Å². The summed E-state index contributed by atoms with van der Waals surface area (Å²) in [4.78, 5) is 10.5. The number of hydrogen-bond acceptors (Lipinski definition) is 4. The van der Waals surface area contributed by atoms with E-state index in [1.807, 2.05) is 0 Å². The van der Waals surface area contributed by atoms with Crippen LogP contribution in [0.3, 0.4) is 0 Å². The number of rotatable bonds is 3. The van der Waals surface area contributed by atoms with Gasteiger partial charge >= 0.3 is 0 Å². The predicted octanol–water partition coefficient (Wildman–Crippen LogP) is 3.57. The quantitative estimate of drug-likeness (QED) is 0.655. The van der Waals surface area contributed by atoms with Crippen molar-refractivity contribution >= 4 is 17.1 Å². The highest BCUT2D eigenvalue weighted by molar-refractivity contribution is 5.87. The summed E-state index contributed by atoms with van der Waals surface area (Å²) in [7, 11) is 0. The van der Waals surface area contributed by atoms with Gasteiger partial charge in [0.15, 0.2) is 0 Å². The molecule has 0 bridgehead atoms. The van der Waals surface area contributed by atoms with Crippen LogP contribution in [0.15, 0.2) is 29.4 Å². The highest BCUT2D eigenvalue weighted by Crippen LogP contribution is 2.25. The zero-order valence-corrected chi connectivity index (χ0v) is 10.4. The van der Waals surface area contributed by atoms with Crippen molar-refractivity contribution in [3.8, 4) is 0 Å². The van der Waals surface area contributed by atoms with Crippen molar-refractivity contribution < 1.29 is 4.92 Å². The number of nitro groups is 1. The Balaban J connectivity index is 2.14. The minimum absolute atomic E-state index is 0.0605. The summed E-state index contributed by atoms with van der Waals surface area (Å²) in [6.45, 7) is 2.15. The Bertz CT molecular complexity index is 471. The Morgan fingerprint density at radius 2 is 2.17 bits per heavy atom. The van der Waals surface area contributed by atoms with Gasteiger partial charge in [-0.25, -0.2) is 0 Å². The highest BCUT2D eigenvalue weighted by atomic mass is 16.6. The summed E-state index contributed by atoms with van der Waals surface area (Å²) < 4.78 is 0. The van der Waals surface area contributed by atoms with E-state index >= 15 is 0 Å². The molecular formula is C13H17N3O2. The number of anilines is 1. The molecule has 0 spiro atoms. The van der Waals surface area contributed by atoms with E-state index in [0.29, 0.717) is 11.6 Å². The molecule has 0 unspecified atom stereocenters. The third-order valence-electron chi connectivity index (χ3n) is 3.31. The first-order chi connectivity index (χ1) is 8.68. The lowest BCUT2D eigenvalue weighted by Crippen LogP contribution is -2.17. The Labute approximate surface area is 106 Å². The van der Waals surface area contributed by atoms with Gasteiger partial charge < -0.3 is 0 Å². The number of hydrogen-bond donors (Lipinski definition) is 1. The smallest absolute Gasteiger partial charge is 0.272 e. The van der Waals surface area contributed by atoms with Crippen molar-refractivity contribution in [3.63, 3.8) is 0 Å². The molecule has 1 atom stereocenters. The molecule has 0 heterocycles. The third kappa shape index (κ3) is 2.85. The third-order valence-corrected chi connectivity index (χ3v) is 3.31. The zero-order valence-electron chi connectivity index (χ0n) is 10.4. The van der Waals surface area contributed by atoms with Crippen LogP contribution in [0.1, 0.15) is 32.6 Å². The Morgan fingerprint density at radius 3 is 2.89 bits per heavy atom. The molecule has 0 aliphatic heterocycles. The fraction of sp³-hybridized carbons (Fsp3) is 0.462. The van der Waals surface area contributed by atoms with E-state index in [0.717, 1.165) is 25.0 Å². The number of hydrazone groups is 1. The molecule has 0 saturated heterocycles. The molecule has 0 aromatic heterocycles. The van der Waals surface area contributed by atoms with Gasteiger partial charge in [-0.2, -0.15) is 5.10 Å². The van der Waals surface area contributed by atoms with Crippen LogP contribution in [-0.4, -0.2) is 10.6 Å². The van der Waals surface area contributed by atoms with Gasteiger partial charge in [0.05, 0.1) is 4.92 Å². The second-order valence-electron chi connectivity index (χ2n) is 4.64. The molecule has 1 aromatic rings. The van der Waals surface area contributed by atoms with Gasteiger partial charge in [0.1, 0.15) is 5.69 Å². The maximum Gasteiger partial charge on any atom is 0.294 e. The number of nitrogens with one attached hydrogen (secondary N) is 1. The van der Waals surface area contributed by atoms with Crippen LogP contribution < -0.4 is 5.43 Å². The lowest BCUT2D eigenvalue weighted by molar-refractivity contribution is -0.384. The summed E-state index contributed by atoms with van der Waals surface area (Å²) in [5.74, 6) is 0.467. The average molecular weight is 247 g/mol. The van der Waals surface area contributed by atoms with Crippen molar-refractivity contribution in [2.24, 2.45) is 11.0 Å². The summed E-state index contributed by atoms with van der Waals surface area (Å²) in [5.41, 5.74) is 4.46. The monoisotopic (exact) mass is 247 g/mol. The van der Waals surface area contributed by atoms with Crippen molar-refractivity contribution in [1.29, 1.82) is 0 Å². The van der Waals surface area contributed by atoms with Crippen LogP contribution in [0.5, 0.6) is 0 Å². The van der Waals surface area contributed by atoms with Crippen molar-refractivity contribution in [3.05, 3.63) is 34.4 Å². The van der Waals surface area contributed by atoms with Crippen LogP contribution in [-0.2, 0) is 0 Å². The molecule has 1 N–H and O–H groups in total. The van der Waals surface area contributed by atoms with Gasteiger partial charge in [-0.3, -0.25) is 15.5 Å². The zero-order chi connectivity index (χ0) is 13.0. The first-order valence-electron chi connectivity index (χ1n) is 6.24. The molecule has 1 fully saturated rings. The molecule has 96 valence electrons. The highest BCUT2D eigenvalue weighted by Gasteiger charge is 2.17. The van der Waals surface area contributed by atoms with Crippen molar-refractivity contribution in [2.75, 3.05) is 5.43 Å². The van der Waals surface area contributed by atoms with Crippen LogP contribution in [0.25, 0.3) is 0 Å². The molecule has 5 nitrogen and oxygen atoms in total. The molecule has 0 radical (unpaired) electrons. The van der Waals surface area contributed by atoms with Gasteiger partial charge in [-0.05, 0) is 31.2 Å². The van der Waals surface area contributed by atoms with E-state index in [2.05, 4.69) is 17.5 Å². The fourth-order valence-corrected chi connectivity index (χ4v) is 2.20. The average Bonchev–Trinajstić information content (AvgIpc) is 2.38. The number of para-hydroxylation sites is 2. The van der Waals surface area contributed by atoms with Gasteiger partial charge in [0.2, 0.25) is 0 Å². The predicted molar refractivity (Wildman–Crippen MR) is 71.8 cm³/mol. The van der Waals surface area contributed by atoms with E-state index in [1.54, 1.807) is 18.2 Å². The molecule has 18 heavy (non-hydrogen) atoms. The van der Waals surface area contributed by atoms with Crippen LogP contribution in [0.4, 0.5) is 11.4 Å². The van der Waals surface area contributed by atoms with Gasteiger partial charge in [-0.15, -0.1) is 0 Å². The van der Waals surface area contributed by atoms with Crippen molar-refractivity contribution in [1.82, 2.24) is 0 Å². The van der Waals surface area contributed by atoms with Gasteiger partial charge in [-0.1, -0.05) is 25.5 Å². The fourth-order valence-electron chi connectivity index (χ4n) is 2.20. The number of nitrogens with zero attached hydrogens (tertiary/aromatic N) is 2. The Morgan fingerprint density at radius 1 is 1.39 bits per heavy atom. The summed E-state index contributed by atoms with van der Waals surface area (Å²) in [6.07, 6.45) is 4.53. The molecule has 5 heteroatoms. The summed E-state index contributed by atoms with van der Waals surface area (Å²) in [6, 6.07) is 6.57. The van der Waals surface area contributed by atoms with Gasteiger partial charge in [0.25, 0.3) is 5.69 Å². The minimum Gasteiger partial charge on any atom is -0.272 e. The minimum atomic E-state index is -0.396. The second kappa shape index (κ2) is 5.62. The standard InChI is InChI=1S/C13H17N3O2/c1-10-6-2-3-7-11(10)14-15-12-8-4-5-9-13(12)16(17)18/h4-5,8-10,15H,2-3,6-7H2,1H3/b14-11-/t10-/m0/s1. The molecule has 1 aliphatic carbocycles. The summed E-state index contributed by atoms with van der Waals surface area (Å²) >= 11 is 0. The largest absolute Gasteiger partial charge is 0.294 e. The molecule has 2 rings (SSSR count). The van der Waals surface area contributed by atoms with Gasteiger partial charge in [0, 0.05) is 11.8 Å². The maximum atomic E-state index is 10.9. The lowest BCUT2D eigenvalue weighted by atomic mass is 9.89. The van der Waals surface area contributed by atoms with E-state index in [9.17, 15) is 10.1 Å². The Hall–Kier alpha value is -1.91. The SMILES string of the molecule is C[C@H]1CCCC/C1=N/Nc1ccccc1[N+](=O)[O-]. The topological polar surface area (TPSA) is 67.5 Å². The van der Waals surface area contributed by atoms with E-state index in [1.165, 1.54) is 12.5 Å². The molecule has 1 aromatic carbocycles. The molecule has 0 amide bonds. The van der Waals surface area contributed by atoms with Crippen molar-refractivity contribution in [2.45, 2.75) is 32.6 Å². The van der Waals surface area contributed by atoms with E-state index < -0.39 is 4.92 Å². The first kappa shape index (κ1) is 12.5.